The van der Waals surface area contributed by atoms with Crippen molar-refractivity contribution in [3.63, 3.8) is 0 Å². The maximum atomic E-state index is 10.8. The highest BCUT2D eigenvalue weighted by atomic mass is 16.4. The van der Waals surface area contributed by atoms with Crippen LogP contribution in [0.25, 0.3) is 5.52 Å². The third-order valence-electron chi connectivity index (χ3n) is 3.87. The molecule has 106 valence electrons. The Balaban J connectivity index is 1.78. The number of aryl methyl sites for hydroxylation is 1. The number of carboxylic acids is 1. The molecule has 3 heterocycles. The summed E-state index contributed by atoms with van der Waals surface area (Å²) in [6.07, 6.45) is 5.70. The van der Waals surface area contributed by atoms with Crippen molar-refractivity contribution in [2.75, 3.05) is 18.0 Å². The molecule has 6 heteroatoms. The lowest BCUT2D eigenvalue weighted by molar-refractivity contribution is -0.138. The zero-order valence-corrected chi connectivity index (χ0v) is 11.5. The highest BCUT2D eigenvalue weighted by Crippen LogP contribution is 2.26. The van der Waals surface area contributed by atoms with Gasteiger partial charge in [0, 0.05) is 31.9 Å². The van der Waals surface area contributed by atoms with Gasteiger partial charge in [0.25, 0.3) is 0 Å². The van der Waals surface area contributed by atoms with E-state index < -0.39 is 5.97 Å². The lowest BCUT2D eigenvalue weighted by Crippen LogP contribution is -2.35. The van der Waals surface area contributed by atoms with Crippen LogP contribution < -0.4 is 4.90 Å². The van der Waals surface area contributed by atoms with Gasteiger partial charge in [0.15, 0.2) is 5.82 Å². The van der Waals surface area contributed by atoms with Gasteiger partial charge >= 0.3 is 5.97 Å². The van der Waals surface area contributed by atoms with Crippen molar-refractivity contribution < 1.29 is 9.90 Å². The molecule has 1 aliphatic rings. The van der Waals surface area contributed by atoms with Gasteiger partial charge < -0.3 is 10.0 Å². The standard InChI is InChI=1S/C14H18N4O2/c1-10-8-12-14(15-4-7-18(12)16-10)17-5-2-11(3-6-17)9-13(19)20/h4,7-8,11H,2-3,5-6,9H2,1H3,(H,19,20). The molecule has 0 amide bonds. The molecular formula is C14H18N4O2. The highest BCUT2D eigenvalue weighted by molar-refractivity contribution is 5.69. The quantitative estimate of drug-likeness (QED) is 0.923. The number of anilines is 1. The van der Waals surface area contributed by atoms with Crippen molar-refractivity contribution in [3.05, 3.63) is 24.2 Å². The van der Waals surface area contributed by atoms with Crippen LogP contribution in [0.4, 0.5) is 5.82 Å². The highest BCUT2D eigenvalue weighted by Gasteiger charge is 2.23. The predicted molar refractivity (Wildman–Crippen MR) is 74.9 cm³/mol. The van der Waals surface area contributed by atoms with Gasteiger partial charge in [-0.2, -0.15) is 5.10 Å². The minimum atomic E-state index is -0.699. The largest absolute Gasteiger partial charge is 0.481 e. The molecule has 1 aliphatic heterocycles. The van der Waals surface area contributed by atoms with E-state index in [9.17, 15) is 4.79 Å². The molecule has 2 aromatic rings. The Morgan fingerprint density at radius 3 is 2.90 bits per heavy atom. The Labute approximate surface area is 117 Å². The van der Waals surface area contributed by atoms with E-state index >= 15 is 0 Å². The maximum Gasteiger partial charge on any atom is 0.303 e. The Morgan fingerprint density at radius 1 is 1.45 bits per heavy atom. The number of rotatable bonds is 3. The van der Waals surface area contributed by atoms with Crippen molar-refractivity contribution in [2.24, 2.45) is 5.92 Å². The second kappa shape index (κ2) is 5.11. The minimum absolute atomic E-state index is 0.275. The van der Waals surface area contributed by atoms with Gasteiger partial charge in [0.05, 0.1) is 5.69 Å². The molecule has 0 unspecified atom stereocenters. The van der Waals surface area contributed by atoms with Crippen LogP contribution in [-0.2, 0) is 4.79 Å². The van der Waals surface area contributed by atoms with Crippen LogP contribution in [0.2, 0.25) is 0 Å². The maximum absolute atomic E-state index is 10.8. The first-order chi connectivity index (χ1) is 9.63. The van der Waals surface area contributed by atoms with Gasteiger partial charge in [-0.3, -0.25) is 4.79 Å². The number of carboxylic acid groups (broad SMARTS) is 1. The molecule has 0 aliphatic carbocycles. The second-order valence-electron chi connectivity index (χ2n) is 5.39. The summed E-state index contributed by atoms with van der Waals surface area (Å²) in [6, 6.07) is 2.03. The third-order valence-corrected chi connectivity index (χ3v) is 3.87. The van der Waals surface area contributed by atoms with Gasteiger partial charge in [0.1, 0.15) is 5.52 Å². The number of nitrogens with zero attached hydrogens (tertiary/aromatic N) is 4. The average molecular weight is 274 g/mol. The summed E-state index contributed by atoms with van der Waals surface area (Å²) in [6.45, 7) is 3.68. The van der Waals surface area contributed by atoms with Crippen molar-refractivity contribution in [3.8, 4) is 0 Å². The first-order valence-corrected chi connectivity index (χ1v) is 6.91. The first kappa shape index (κ1) is 12.9. The molecule has 2 aromatic heterocycles. The zero-order chi connectivity index (χ0) is 14.1. The number of aliphatic carboxylic acids is 1. The monoisotopic (exact) mass is 274 g/mol. The van der Waals surface area contributed by atoms with Crippen molar-refractivity contribution >= 4 is 17.3 Å². The fourth-order valence-electron chi connectivity index (χ4n) is 2.87. The summed E-state index contributed by atoms with van der Waals surface area (Å²) in [4.78, 5) is 17.5. The molecule has 1 N–H and O–H groups in total. The van der Waals surface area contributed by atoms with E-state index in [1.165, 1.54) is 0 Å². The zero-order valence-electron chi connectivity index (χ0n) is 11.5. The fourth-order valence-corrected chi connectivity index (χ4v) is 2.87. The summed E-state index contributed by atoms with van der Waals surface area (Å²) in [5, 5.41) is 13.3. The van der Waals surface area contributed by atoms with Crippen LogP contribution in [0.5, 0.6) is 0 Å². The molecule has 3 rings (SSSR count). The topological polar surface area (TPSA) is 70.7 Å². The molecular weight excluding hydrogens is 256 g/mol. The first-order valence-electron chi connectivity index (χ1n) is 6.91. The van der Waals surface area contributed by atoms with Crippen LogP contribution in [0, 0.1) is 12.8 Å². The number of hydrogen-bond acceptors (Lipinski definition) is 4. The van der Waals surface area contributed by atoms with E-state index in [0.717, 1.165) is 43.0 Å². The Kier molecular flexibility index (Phi) is 3.30. The van der Waals surface area contributed by atoms with E-state index in [4.69, 9.17) is 5.11 Å². The van der Waals surface area contributed by atoms with Gasteiger partial charge in [-0.05, 0) is 31.7 Å². The van der Waals surface area contributed by atoms with Gasteiger partial charge in [-0.15, -0.1) is 0 Å². The van der Waals surface area contributed by atoms with Crippen LogP contribution in [0.3, 0.4) is 0 Å². The Hall–Kier alpha value is -2.11. The summed E-state index contributed by atoms with van der Waals surface area (Å²) in [7, 11) is 0. The summed E-state index contributed by atoms with van der Waals surface area (Å²) in [5.41, 5.74) is 1.99. The lowest BCUT2D eigenvalue weighted by Gasteiger charge is -2.32. The van der Waals surface area contributed by atoms with Crippen molar-refractivity contribution in [1.29, 1.82) is 0 Å². The number of fused-ring (bicyclic) bond motifs is 1. The molecule has 0 aromatic carbocycles. The molecule has 0 atom stereocenters. The summed E-state index contributed by atoms with van der Waals surface area (Å²) >= 11 is 0. The smallest absolute Gasteiger partial charge is 0.303 e. The molecule has 0 radical (unpaired) electrons. The van der Waals surface area contributed by atoms with Crippen LogP contribution in [0.1, 0.15) is 25.0 Å². The van der Waals surface area contributed by atoms with Gasteiger partial charge in [-0.25, -0.2) is 9.50 Å². The predicted octanol–water partition coefficient (Wildman–Crippen LogP) is 1.73. The molecule has 20 heavy (non-hydrogen) atoms. The summed E-state index contributed by atoms with van der Waals surface area (Å²) in [5.74, 6) is 0.534. The SMILES string of the molecule is Cc1cc2c(N3CCC(CC(=O)O)CC3)nccn2n1. The molecule has 1 saturated heterocycles. The van der Waals surface area contributed by atoms with E-state index in [1.54, 1.807) is 6.20 Å². The number of piperidine rings is 1. The number of carbonyl (C=O) groups is 1. The van der Waals surface area contributed by atoms with Crippen molar-refractivity contribution in [1.82, 2.24) is 14.6 Å². The van der Waals surface area contributed by atoms with E-state index in [0.29, 0.717) is 0 Å². The molecule has 0 spiro atoms. The number of hydrogen-bond donors (Lipinski definition) is 1. The average Bonchev–Trinajstić information content (AvgIpc) is 2.79. The van der Waals surface area contributed by atoms with Crippen LogP contribution in [0.15, 0.2) is 18.5 Å². The van der Waals surface area contributed by atoms with Gasteiger partial charge in [0.2, 0.25) is 0 Å². The van der Waals surface area contributed by atoms with Gasteiger partial charge in [-0.1, -0.05) is 0 Å². The van der Waals surface area contributed by atoms with E-state index in [1.807, 2.05) is 23.7 Å². The third kappa shape index (κ3) is 2.45. The van der Waals surface area contributed by atoms with Crippen LogP contribution >= 0.6 is 0 Å². The Bertz CT molecular complexity index is 629. The lowest BCUT2D eigenvalue weighted by atomic mass is 9.93. The minimum Gasteiger partial charge on any atom is -0.481 e. The van der Waals surface area contributed by atoms with Crippen LogP contribution in [-0.4, -0.2) is 38.8 Å². The molecule has 0 saturated carbocycles. The molecule has 6 nitrogen and oxygen atoms in total. The molecule has 1 fully saturated rings. The van der Waals surface area contributed by atoms with Crippen molar-refractivity contribution in [2.45, 2.75) is 26.2 Å². The summed E-state index contributed by atoms with van der Waals surface area (Å²) < 4.78 is 1.85. The van der Waals surface area contributed by atoms with E-state index in [2.05, 4.69) is 15.0 Å². The number of aromatic nitrogens is 3. The second-order valence-corrected chi connectivity index (χ2v) is 5.39. The normalized spacial score (nSPS) is 16.8. The van der Waals surface area contributed by atoms with E-state index in [-0.39, 0.29) is 12.3 Å². The fraction of sp³-hybridized carbons (Fsp3) is 0.500. The molecule has 0 bridgehead atoms. The Morgan fingerprint density at radius 2 is 2.20 bits per heavy atom.